The Hall–Kier alpha value is -3.45. The van der Waals surface area contributed by atoms with Crippen LogP contribution in [0.15, 0.2) is 48.7 Å². The molecule has 0 amide bonds. The highest BCUT2D eigenvalue weighted by Gasteiger charge is 2.39. The first-order valence-corrected chi connectivity index (χ1v) is 13.7. The minimum Gasteiger partial charge on any atom is -0.485 e. The van der Waals surface area contributed by atoms with Gasteiger partial charge in [0.1, 0.15) is 17.7 Å². The standard InChI is InChI=1S/C32H37FN2O4/c1-19(32(36)37)31(21-6-7-21)24-8-5-20-10-12-28(39-29(20)16-24)23-9-11-25(22(15-23)13-14-35(2)3)26-17-30(38-4)34-18-27(26)33/h5,8-9,11,15-19,21,28,31H,6-7,10,12-14H2,1-4H3,(H,36,37)/t19-,28+,31?/m0/s1. The lowest BCUT2D eigenvalue weighted by Gasteiger charge is -2.29. The largest absolute Gasteiger partial charge is 0.485 e. The van der Waals surface area contributed by atoms with Gasteiger partial charge < -0.3 is 19.5 Å². The van der Waals surface area contributed by atoms with E-state index in [1.165, 1.54) is 13.3 Å². The lowest BCUT2D eigenvalue weighted by Crippen LogP contribution is -2.21. The third-order valence-electron chi connectivity index (χ3n) is 8.14. The van der Waals surface area contributed by atoms with Gasteiger partial charge in [-0.1, -0.05) is 37.3 Å². The second kappa shape index (κ2) is 11.3. The number of carbonyl (C=O) groups is 1. The number of carboxylic acids is 1. The Labute approximate surface area is 229 Å². The molecule has 2 aliphatic rings. The molecule has 3 atom stereocenters. The number of fused-ring (bicyclic) bond motifs is 1. The van der Waals surface area contributed by atoms with Crippen LogP contribution in [-0.4, -0.2) is 48.7 Å². The van der Waals surface area contributed by atoms with E-state index in [0.717, 1.165) is 72.2 Å². The number of carboxylic acid groups (broad SMARTS) is 1. The van der Waals surface area contributed by atoms with Crippen LogP contribution in [0.5, 0.6) is 11.6 Å². The summed E-state index contributed by atoms with van der Waals surface area (Å²) in [6.07, 6.45) is 5.71. The molecule has 1 aliphatic carbocycles. The summed E-state index contributed by atoms with van der Waals surface area (Å²) >= 11 is 0. The molecule has 1 N–H and O–H groups in total. The van der Waals surface area contributed by atoms with Gasteiger partial charge in [0.25, 0.3) is 0 Å². The Kier molecular flexibility index (Phi) is 7.89. The summed E-state index contributed by atoms with van der Waals surface area (Å²) in [6.45, 7) is 2.63. The van der Waals surface area contributed by atoms with E-state index in [4.69, 9.17) is 9.47 Å². The quantitative estimate of drug-likeness (QED) is 0.331. The van der Waals surface area contributed by atoms with Crippen molar-refractivity contribution in [1.82, 2.24) is 9.88 Å². The number of halogens is 1. The Balaban J connectivity index is 1.45. The summed E-state index contributed by atoms with van der Waals surface area (Å²) in [4.78, 5) is 17.9. The number of aryl methyl sites for hydroxylation is 1. The van der Waals surface area contributed by atoms with E-state index >= 15 is 0 Å². The SMILES string of the molecule is COc1cc(-c2ccc([C@H]3CCc4ccc(C(C5CC5)[C@H](C)C(=O)O)cc4O3)cc2CCN(C)C)c(F)cn1. The topological polar surface area (TPSA) is 71.9 Å². The Morgan fingerprint density at radius 2 is 1.95 bits per heavy atom. The van der Waals surface area contributed by atoms with Crippen LogP contribution in [0, 0.1) is 17.7 Å². The van der Waals surface area contributed by atoms with E-state index in [9.17, 15) is 14.3 Å². The van der Waals surface area contributed by atoms with Crippen LogP contribution in [0.25, 0.3) is 11.1 Å². The lowest BCUT2D eigenvalue weighted by atomic mass is 9.82. The van der Waals surface area contributed by atoms with Crippen LogP contribution in [0.3, 0.4) is 0 Å². The van der Waals surface area contributed by atoms with Gasteiger partial charge >= 0.3 is 5.97 Å². The van der Waals surface area contributed by atoms with Gasteiger partial charge in [-0.25, -0.2) is 9.37 Å². The fraction of sp³-hybridized carbons (Fsp3) is 0.438. The van der Waals surface area contributed by atoms with Crippen molar-refractivity contribution in [2.24, 2.45) is 11.8 Å². The Bertz CT molecular complexity index is 1350. The Morgan fingerprint density at radius 3 is 2.64 bits per heavy atom. The van der Waals surface area contributed by atoms with Crippen molar-refractivity contribution >= 4 is 5.97 Å². The highest BCUT2D eigenvalue weighted by atomic mass is 19.1. The molecule has 1 unspecified atom stereocenters. The van der Waals surface area contributed by atoms with Gasteiger partial charge in [-0.3, -0.25) is 4.79 Å². The number of aliphatic carboxylic acids is 1. The summed E-state index contributed by atoms with van der Waals surface area (Å²) < 4.78 is 26.7. The van der Waals surface area contributed by atoms with E-state index in [2.05, 4.69) is 34.1 Å². The summed E-state index contributed by atoms with van der Waals surface area (Å²) in [7, 11) is 5.58. The zero-order chi connectivity index (χ0) is 27.7. The van der Waals surface area contributed by atoms with Gasteiger partial charge in [0.2, 0.25) is 5.88 Å². The molecule has 2 aromatic carbocycles. The van der Waals surface area contributed by atoms with Crippen molar-refractivity contribution in [1.29, 1.82) is 0 Å². The highest BCUT2D eigenvalue weighted by Crippen LogP contribution is 2.48. The molecule has 2 heterocycles. The third kappa shape index (κ3) is 5.93. The van der Waals surface area contributed by atoms with E-state index in [1.807, 2.05) is 33.2 Å². The lowest BCUT2D eigenvalue weighted by molar-refractivity contribution is -0.142. The molecule has 39 heavy (non-hydrogen) atoms. The van der Waals surface area contributed by atoms with E-state index < -0.39 is 11.9 Å². The van der Waals surface area contributed by atoms with Gasteiger partial charge in [0.15, 0.2) is 0 Å². The number of pyridine rings is 1. The van der Waals surface area contributed by atoms with Crippen LogP contribution in [-0.2, 0) is 17.6 Å². The predicted octanol–water partition coefficient (Wildman–Crippen LogP) is 6.28. The molecule has 0 saturated heterocycles. The number of likely N-dealkylation sites (N-methyl/N-ethyl adjacent to an activating group) is 1. The smallest absolute Gasteiger partial charge is 0.306 e. The van der Waals surface area contributed by atoms with E-state index in [0.29, 0.717) is 17.4 Å². The monoisotopic (exact) mass is 532 g/mol. The molecular formula is C32H37FN2O4. The second-order valence-corrected chi connectivity index (χ2v) is 11.2. The predicted molar refractivity (Wildman–Crippen MR) is 149 cm³/mol. The van der Waals surface area contributed by atoms with Crippen molar-refractivity contribution in [2.75, 3.05) is 27.7 Å². The summed E-state index contributed by atoms with van der Waals surface area (Å²) in [5.74, 6) is 0.0693. The van der Waals surface area contributed by atoms with Crippen molar-refractivity contribution < 1.29 is 23.8 Å². The van der Waals surface area contributed by atoms with Crippen molar-refractivity contribution in [2.45, 2.75) is 51.0 Å². The zero-order valence-electron chi connectivity index (χ0n) is 23.1. The van der Waals surface area contributed by atoms with Gasteiger partial charge in [-0.05, 0) is 91.9 Å². The van der Waals surface area contributed by atoms with Crippen molar-refractivity contribution in [3.8, 4) is 22.8 Å². The maximum absolute atomic E-state index is 14.9. The number of nitrogens with zero attached hydrogens (tertiary/aromatic N) is 2. The van der Waals surface area contributed by atoms with Gasteiger partial charge in [0, 0.05) is 18.2 Å². The summed E-state index contributed by atoms with van der Waals surface area (Å²) in [5, 5.41) is 9.71. The zero-order valence-corrected chi connectivity index (χ0v) is 23.1. The number of aromatic nitrogens is 1. The number of hydrogen-bond donors (Lipinski definition) is 1. The number of ether oxygens (including phenoxy) is 2. The first kappa shape index (κ1) is 27.1. The van der Waals surface area contributed by atoms with Gasteiger partial charge in [0.05, 0.1) is 19.2 Å². The van der Waals surface area contributed by atoms with Crippen molar-refractivity contribution in [3.63, 3.8) is 0 Å². The molecule has 1 fully saturated rings. The third-order valence-corrected chi connectivity index (χ3v) is 8.14. The summed E-state index contributed by atoms with van der Waals surface area (Å²) in [6, 6.07) is 14.1. The molecule has 0 radical (unpaired) electrons. The minimum absolute atomic E-state index is 0.000876. The fourth-order valence-electron chi connectivity index (χ4n) is 5.77. The van der Waals surface area contributed by atoms with E-state index in [-0.39, 0.29) is 17.8 Å². The Morgan fingerprint density at radius 1 is 1.15 bits per heavy atom. The molecule has 5 rings (SSSR count). The first-order valence-electron chi connectivity index (χ1n) is 13.7. The molecule has 1 saturated carbocycles. The second-order valence-electron chi connectivity index (χ2n) is 11.2. The number of rotatable bonds is 10. The maximum Gasteiger partial charge on any atom is 0.306 e. The normalized spacial score (nSPS) is 18.3. The molecular weight excluding hydrogens is 495 g/mol. The maximum atomic E-state index is 14.9. The molecule has 1 aromatic heterocycles. The summed E-state index contributed by atoms with van der Waals surface area (Å²) in [5.41, 5.74) is 5.61. The van der Waals surface area contributed by atoms with E-state index in [1.54, 1.807) is 6.07 Å². The number of hydrogen-bond acceptors (Lipinski definition) is 5. The molecule has 7 heteroatoms. The van der Waals surface area contributed by atoms with Crippen LogP contribution in [0.1, 0.15) is 60.5 Å². The average Bonchev–Trinajstić information content (AvgIpc) is 3.77. The number of methoxy groups -OCH3 is 1. The highest BCUT2D eigenvalue weighted by molar-refractivity contribution is 5.71. The number of benzene rings is 2. The van der Waals surface area contributed by atoms with Crippen LogP contribution in [0.2, 0.25) is 0 Å². The molecule has 1 aliphatic heterocycles. The van der Waals surface area contributed by atoms with Crippen LogP contribution in [0.4, 0.5) is 4.39 Å². The van der Waals surface area contributed by atoms with Crippen LogP contribution < -0.4 is 9.47 Å². The van der Waals surface area contributed by atoms with Crippen molar-refractivity contribution in [3.05, 3.63) is 76.7 Å². The first-order chi connectivity index (χ1) is 18.7. The molecule has 6 nitrogen and oxygen atoms in total. The average molecular weight is 533 g/mol. The van der Waals surface area contributed by atoms with Crippen LogP contribution >= 0.6 is 0 Å². The molecule has 206 valence electrons. The van der Waals surface area contributed by atoms with Gasteiger partial charge in [-0.15, -0.1) is 0 Å². The van der Waals surface area contributed by atoms with Gasteiger partial charge in [-0.2, -0.15) is 0 Å². The molecule has 3 aromatic rings. The minimum atomic E-state index is -0.753. The fourth-order valence-corrected chi connectivity index (χ4v) is 5.77. The molecule has 0 spiro atoms. The molecule has 0 bridgehead atoms.